The fourth-order valence-electron chi connectivity index (χ4n) is 1.69. The van der Waals surface area contributed by atoms with Crippen LogP contribution in [-0.2, 0) is 9.13 Å². The predicted octanol–water partition coefficient (Wildman–Crippen LogP) is 2.70. The zero-order chi connectivity index (χ0) is 11.7. The lowest BCUT2D eigenvalue weighted by molar-refractivity contribution is 0.523. The summed E-state index contributed by atoms with van der Waals surface area (Å²) < 4.78 is 22.1. The van der Waals surface area contributed by atoms with Crippen LogP contribution in [0.1, 0.15) is 0 Å². The highest BCUT2D eigenvalue weighted by atomic mass is 31.1. The molecule has 2 rings (SSSR count). The van der Waals surface area contributed by atoms with Crippen molar-refractivity contribution in [1.29, 1.82) is 0 Å². The monoisotopic (exact) mass is 233 g/mol. The summed E-state index contributed by atoms with van der Waals surface area (Å²) in [5.41, 5.74) is 1.06. The third-order valence-electron chi connectivity index (χ3n) is 2.55. The van der Waals surface area contributed by atoms with Crippen molar-refractivity contribution in [2.24, 2.45) is 0 Å². The van der Waals surface area contributed by atoms with Crippen LogP contribution in [-0.4, -0.2) is 14.1 Å². The highest BCUT2D eigenvalue weighted by Crippen LogP contribution is 2.22. The Morgan fingerprint density at radius 2 is 1.81 bits per heavy atom. The maximum absolute atomic E-state index is 11.1. The van der Waals surface area contributed by atoms with Crippen molar-refractivity contribution in [3.63, 3.8) is 0 Å². The summed E-state index contributed by atoms with van der Waals surface area (Å²) in [6.07, 6.45) is 0. The van der Waals surface area contributed by atoms with Gasteiger partial charge in [-0.2, -0.15) is 0 Å². The van der Waals surface area contributed by atoms with Crippen LogP contribution in [0.15, 0.2) is 36.4 Å². The molecule has 0 bridgehead atoms. The zero-order valence-corrected chi connectivity index (χ0v) is 10.1. The second-order valence-electron chi connectivity index (χ2n) is 3.83. The van der Waals surface area contributed by atoms with Crippen molar-refractivity contribution in [3.8, 4) is 0 Å². The quantitative estimate of drug-likeness (QED) is 0.748. The molecule has 2 aromatic rings. The third kappa shape index (κ3) is 1.86. The van der Waals surface area contributed by atoms with Crippen LogP contribution in [0.5, 0.6) is 0 Å². The van der Waals surface area contributed by atoms with Crippen LogP contribution in [0.4, 0.5) is 5.69 Å². The molecule has 4 heteroatoms. The second-order valence-corrected chi connectivity index (χ2v) is 4.83. The van der Waals surface area contributed by atoms with Crippen molar-refractivity contribution >= 4 is 29.4 Å². The van der Waals surface area contributed by atoms with E-state index >= 15 is 0 Å². The molecule has 0 aliphatic carbocycles. The van der Waals surface area contributed by atoms with Gasteiger partial charge in [0.05, 0.1) is 5.30 Å². The number of fused-ring (bicyclic) bond motifs is 1. The molecule has 0 amide bonds. The maximum Gasteiger partial charge on any atom is 0.349 e. The minimum absolute atomic E-state index is 0.387. The predicted molar refractivity (Wildman–Crippen MR) is 66.2 cm³/mol. The first-order valence-corrected chi connectivity index (χ1v) is 6.12. The molecule has 3 nitrogen and oxygen atoms in total. The molecule has 2 aromatic carbocycles. The summed E-state index contributed by atoms with van der Waals surface area (Å²) >= 11 is 0. The van der Waals surface area contributed by atoms with E-state index < -0.39 is 7.68 Å². The van der Waals surface area contributed by atoms with Gasteiger partial charge < -0.3 is 4.90 Å². The van der Waals surface area contributed by atoms with Gasteiger partial charge in [-0.1, -0.05) is 18.2 Å². The average Bonchev–Trinajstić information content (AvgIpc) is 2.27. The molecule has 0 fully saturated rings. The standard InChI is InChI=1S/C12H12NO2P/c1-13(2)10-6-7-11-9(8-10)4-3-5-12(11)16(14)15/h3-8H,1-2H3. The SMILES string of the molecule is CN(C)c1ccc2c(P(=O)=O)cccc2c1. The number of rotatable bonds is 2. The minimum Gasteiger partial charge on any atom is -0.378 e. The van der Waals surface area contributed by atoms with Crippen LogP contribution >= 0.6 is 7.68 Å². The van der Waals surface area contributed by atoms with Gasteiger partial charge >= 0.3 is 7.68 Å². The Balaban J connectivity index is 2.73. The molecule has 0 aromatic heterocycles. The van der Waals surface area contributed by atoms with E-state index in [1.807, 2.05) is 43.3 Å². The van der Waals surface area contributed by atoms with Gasteiger partial charge in [-0.15, -0.1) is 0 Å². The molecule has 0 spiro atoms. The molecule has 0 saturated heterocycles. The Hall–Kier alpha value is -1.60. The Kier molecular flexibility index (Phi) is 2.80. The van der Waals surface area contributed by atoms with Crippen molar-refractivity contribution in [2.45, 2.75) is 0 Å². The number of anilines is 1. The summed E-state index contributed by atoms with van der Waals surface area (Å²) in [5.74, 6) is 0. The highest BCUT2D eigenvalue weighted by Gasteiger charge is 2.06. The summed E-state index contributed by atoms with van der Waals surface area (Å²) in [5, 5.41) is 2.12. The lowest BCUT2D eigenvalue weighted by atomic mass is 10.1. The Labute approximate surface area is 94.5 Å². The summed E-state index contributed by atoms with van der Waals surface area (Å²) in [6.45, 7) is 0. The average molecular weight is 233 g/mol. The molecule has 0 saturated carbocycles. The van der Waals surface area contributed by atoms with Gasteiger partial charge in [-0.3, -0.25) is 0 Å². The van der Waals surface area contributed by atoms with E-state index in [1.165, 1.54) is 0 Å². The molecular weight excluding hydrogens is 221 g/mol. The molecular formula is C12H12NO2P. The van der Waals surface area contributed by atoms with Crippen LogP contribution < -0.4 is 10.2 Å². The van der Waals surface area contributed by atoms with Gasteiger partial charge in [0.25, 0.3) is 0 Å². The Morgan fingerprint density at radius 1 is 1.06 bits per heavy atom. The molecule has 0 heterocycles. The van der Waals surface area contributed by atoms with Crippen LogP contribution in [0, 0.1) is 0 Å². The number of hydrogen-bond acceptors (Lipinski definition) is 3. The molecule has 0 unspecified atom stereocenters. The van der Waals surface area contributed by atoms with Crippen LogP contribution in [0.3, 0.4) is 0 Å². The van der Waals surface area contributed by atoms with Gasteiger partial charge in [-0.05, 0) is 29.0 Å². The minimum atomic E-state index is -2.53. The van der Waals surface area contributed by atoms with E-state index in [0.29, 0.717) is 5.30 Å². The van der Waals surface area contributed by atoms with Gasteiger partial charge in [0, 0.05) is 19.8 Å². The Bertz CT molecular complexity index is 595. The van der Waals surface area contributed by atoms with E-state index in [4.69, 9.17) is 0 Å². The maximum atomic E-state index is 11.1. The van der Waals surface area contributed by atoms with Crippen LogP contribution in [0.2, 0.25) is 0 Å². The largest absolute Gasteiger partial charge is 0.378 e. The Morgan fingerprint density at radius 3 is 2.44 bits per heavy atom. The molecule has 0 radical (unpaired) electrons. The van der Waals surface area contributed by atoms with Crippen LogP contribution in [0.25, 0.3) is 10.8 Å². The summed E-state index contributed by atoms with van der Waals surface area (Å²) in [4.78, 5) is 1.99. The number of nitrogens with zero attached hydrogens (tertiary/aromatic N) is 1. The van der Waals surface area contributed by atoms with Gasteiger partial charge in [0.2, 0.25) is 0 Å². The third-order valence-corrected chi connectivity index (χ3v) is 3.34. The van der Waals surface area contributed by atoms with Gasteiger partial charge in [0.15, 0.2) is 0 Å². The summed E-state index contributed by atoms with van der Waals surface area (Å²) in [7, 11) is 1.38. The molecule has 82 valence electrons. The van der Waals surface area contributed by atoms with Crippen molar-refractivity contribution in [3.05, 3.63) is 36.4 Å². The fourth-order valence-corrected chi connectivity index (χ4v) is 2.30. The molecule has 0 N–H and O–H groups in total. The lowest BCUT2D eigenvalue weighted by Gasteiger charge is -2.13. The van der Waals surface area contributed by atoms with E-state index in [0.717, 1.165) is 16.5 Å². The molecule has 0 aliphatic heterocycles. The molecule has 16 heavy (non-hydrogen) atoms. The number of benzene rings is 2. The highest BCUT2D eigenvalue weighted by molar-refractivity contribution is 7.41. The van der Waals surface area contributed by atoms with Crippen molar-refractivity contribution in [1.82, 2.24) is 0 Å². The first kappa shape index (κ1) is 10.9. The topological polar surface area (TPSA) is 37.4 Å². The van der Waals surface area contributed by atoms with E-state index in [1.54, 1.807) is 12.1 Å². The zero-order valence-electron chi connectivity index (χ0n) is 9.18. The van der Waals surface area contributed by atoms with Crippen molar-refractivity contribution < 1.29 is 9.13 Å². The molecule has 0 atom stereocenters. The first-order chi connectivity index (χ1) is 7.59. The smallest absolute Gasteiger partial charge is 0.349 e. The van der Waals surface area contributed by atoms with E-state index in [-0.39, 0.29) is 0 Å². The van der Waals surface area contributed by atoms with E-state index in [9.17, 15) is 9.13 Å². The summed E-state index contributed by atoms with van der Waals surface area (Å²) in [6, 6.07) is 11.1. The normalized spacial score (nSPS) is 10.4. The van der Waals surface area contributed by atoms with Gasteiger partial charge in [-0.25, -0.2) is 9.13 Å². The number of hydrogen-bond donors (Lipinski definition) is 0. The molecule has 0 aliphatic rings. The second kappa shape index (κ2) is 4.11. The van der Waals surface area contributed by atoms with Crippen molar-refractivity contribution in [2.75, 3.05) is 19.0 Å². The van der Waals surface area contributed by atoms with E-state index in [2.05, 4.69) is 0 Å². The fraction of sp³-hybridized carbons (Fsp3) is 0.167. The first-order valence-electron chi connectivity index (χ1n) is 4.94. The van der Waals surface area contributed by atoms with Gasteiger partial charge in [0.1, 0.15) is 0 Å². The lowest BCUT2D eigenvalue weighted by Crippen LogP contribution is -2.08.